The third-order valence-electron chi connectivity index (χ3n) is 7.35. The quantitative estimate of drug-likeness (QED) is 0.219. The number of hydrogen-bond acceptors (Lipinski definition) is 3. The van der Waals surface area contributed by atoms with E-state index in [1.807, 2.05) is 49.5 Å². The van der Waals surface area contributed by atoms with Crippen LogP contribution in [0.15, 0.2) is 60.2 Å². The molecule has 0 N–H and O–H groups in total. The van der Waals surface area contributed by atoms with Gasteiger partial charge in [0.05, 0.1) is 11.1 Å². The maximum absolute atomic E-state index is 13.3. The number of rotatable bonds is 3. The van der Waals surface area contributed by atoms with E-state index in [-0.39, 0.29) is 17.1 Å². The summed E-state index contributed by atoms with van der Waals surface area (Å²) in [5.41, 5.74) is 8.57. The highest BCUT2D eigenvalue weighted by atomic mass is 16.2. The predicted octanol–water partition coefficient (Wildman–Crippen LogP) is 6.60. The molecule has 178 valence electrons. The van der Waals surface area contributed by atoms with Crippen molar-refractivity contribution in [1.82, 2.24) is 14.1 Å². The molecule has 2 heterocycles. The van der Waals surface area contributed by atoms with E-state index in [4.69, 9.17) is 4.98 Å². The van der Waals surface area contributed by atoms with Crippen molar-refractivity contribution in [2.75, 3.05) is 0 Å². The van der Waals surface area contributed by atoms with Gasteiger partial charge in [0, 0.05) is 36.0 Å². The van der Waals surface area contributed by atoms with Crippen LogP contribution in [0.4, 0.5) is 0 Å². The van der Waals surface area contributed by atoms with Crippen molar-refractivity contribution >= 4 is 39.6 Å². The second kappa shape index (κ2) is 7.89. The number of ketones is 2. The number of aryl methyl sites for hydroxylation is 5. The smallest absolute Gasteiger partial charge is 0.197 e. The van der Waals surface area contributed by atoms with Crippen molar-refractivity contribution in [2.45, 2.75) is 34.2 Å². The number of hydrogen-bond donors (Lipinski definition) is 0. The van der Waals surface area contributed by atoms with Crippen molar-refractivity contribution in [2.24, 2.45) is 7.05 Å². The summed E-state index contributed by atoms with van der Waals surface area (Å²) < 4.78 is 4.18. The van der Waals surface area contributed by atoms with Gasteiger partial charge in [-0.1, -0.05) is 42.0 Å². The first-order valence-corrected chi connectivity index (χ1v) is 12.3. The summed E-state index contributed by atoms with van der Waals surface area (Å²) in [6.45, 7) is 9.08. The number of Topliss-reactive ketones (excluding diaryl/α,β-unsaturated/α-hetero) is 2. The van der Waals surface area contributed by atoms with E-state index < -0.39 is 0 Å². The van der Waals surface area contributed by atoms with Gasteiger partial charge in [0.15, 0.2) is 17.2 Å². The lowest BCUT2D eigenvalue weighted by molar-refractivity contribution is 0.0990. The average Bonchev–Trinajstić information content (AvgIpc) is 3.42. The molecule has 5 aromatic rings. The largest absolute Gasteiger partial charge is 0.326 e. The van der Waals surface area contributed by atoms with Crippen molar-refractivity contribution in [3.63, 3.8) is 0 Å². The molecular weight excluding hydrogens is 446 g/mol. The first-order chi connectivity index (χ1) is 17.3. The van der Waals surface area contributed by atoms with Gasteiger partial charge >= 0.3 is 0 Å². The first-order valence-electron chi connectivity index (χ1n) is 12.3. The van der Waals surface area contributed by atoms with Crippen LogP contribution in [0.5, 0.6) is 0 Å². The third-order valence-corrected chi connectivity index (χ3v) is 7.35. The Morgan fingerprint density at radius 1 is 0.861 bits per heavy atom. The minimum atomic E-state index is -0.215. The topological polar surface area (TPSA) is 56.9 Å². The molecule has 0 atom stereocenters. The minimum Gasteiger partial charge on any atom is -0.326 e. The third kappa shape index (κ3) is 3.12. The molecule has 0 aliphatic heterocycles. The van der Waals surface area contributed by atoms with E-state index in [0.29, 0.717) is 17.7 Å². The zero-order chi connectivity index (χ0) is 25.3. The van der Waals surface area contributed by atoms with Gasteiger partial charge in [-0.15, -0.1) is 0 Å². The molecule has 36 heavy (non-hydrogen) atoms. The number of aromatic nitrogens is 3. The first kappa shape index (κ1) is 22.2. The van der Waals surface area contributed by atoms with Gasteiger partial charge in [0.2, 0.25) is 0 Å². The standard InChI is InChI=1S/C31H27N3O2/c1-6-34-22(15-25-28(35)23-13-20-9-7-8-10-21(20)14-24(23)29(25)36)16-26-30(34)32-31(33(26)5)27-18(3)11-17(2)12-19(27)4/h7-16H,6H2,1-5H3. The minimum absolute atomic E-state index is 0.211. The van der Waals surface area contributed by atoms with Gasteiger partial charge in [0.1, 0.15) is 5.82 Å². The summed E-state index contributed by atoms with van der Waals surface area (Å²) in [6, 6.07) is 17.9. The van der Waals surface area contributed by atoms with E-state index in [0.717, 1.165) is 39.0 Å². The molecular formula is C31H27N3O2. The van der Waals surface area contributed by atoms with Crippen molar-refractivity contribution in [1.29, 1.82) is 0 Å². The van der Waals surface area contributed by atoms with Gasteiger partial charge in [-0.3, -0.25) is 9.59 Å². The Balaban J connectivity index is 1.48. The number of carbonyl (C=O) groups excluding carboxylic acids is 2. The Bertz CT molecular complexity index is 1720. The fourth-order valence-corrected chi connectivity index (χ4v) is 5.69. The van der Waals surface area contributed by atoms with Crippen LogP contribution in [0.1, 0.15) is 50.0 Å². The monoisotopic (exact) mass is 473 g/mol. The molecule has 0 amide bonds. The normalized spacial score (nSPS) is 13.3. The lowest BCUT2D eigenvalue weighted by atomic mass is 9.99. The molecule has 5 heteroatoms. The Morgan fingerprint density at radius 2 is 1.44 bits per heavy atom. The molecule has 0 bridgehead atoms. The van der Waals surface area contributed by atoms with E-state index in [1.165, 1.54) is 16.7 Å². The maximum atomic E-state index is 13.3. The van der Waals surface area contributed by atoms with Gasteiger partial charge in [-0.2, -0.15) is 0 Å². The van der Waals surface area contributed by atoms with Gasteiger partial charge in [0.25, 0.3) is 0 Å². The van der Waals surface area contributed by atoms with E-state index in [2.05, 4.69) is 49.0 Å². The summed E-state index contributed by atoms with van der Waals surface area (Å²) in [7, 11) is 2.02. The molecule has 1 aliphatic rings. The highest BCUT2D eigenvalue weighted by Gasteiger charge is 2.34. The molecule has 5 nitrogen and oxygen atoms in total. The van der Waals surface area contributed by atoms with Crippen LogP contribution in [0.25, 0.3) is 39.4 Å². The van der Waals surface area contributed by atoms with E-state index in [1.54, 1.807) is 6.08 Å². The van der Waals surface area contributed by atoms with Crippen LogP contribution in [0.3, 0.4) is 0 Å². The molecule has 1 aliphatic carbocycles. The Morgan fingerprint density at radius 3 is 2.00 bits per heavy atom. The van der Waals surface area contributed by atoms with E-state index >= 15 is 0 Å². The van der Waals surface area contributed by atoms with Crippen LogP contribution in [0, 0.1) is 20.8 Å². The molecule has 0 fully saturated rings. The molecule has 0 radical (unpaired) electrons. The van der Waals surface area contributed by atoms with Gasteiger partial charge in [-0.25, -0.2) is 4.98 Å². The number of fused-ring (bicyclic) bond motifs is 3. The van der Waals surface area contributed by atoms with Crippen molar-refractivity contribution in [3.8, 4) is 11.4 Å². The Hall–Kier alpha value is -4.25. The Kier molecular flexibility index (Phi) is 4.87. The SMILES string of the molecule is CCn1c(C=C2C(=O)c3cc4ccccc4cc3C2=O)cc2c1nc(-c1c(C)cc(C)cc1C)n2C. The second-order valence-corrected chi connectivity index (χ2v) is 9.75. The summed E-state index contributed by atoms with van der Waals surface area (Å²) in [5, 5.41) is 1.92. The summed E-state index contributed by atoms with van der Waals surface area (Å²) >= 11 is 0. The van der Waals surface area contributed by atoms with Crippen molar-refractivity contribution < 1.29 is 9.59 Å². The highest BCUT2D eigenvalue weighted by Crippen LogP contribution is 2.34. The molecule has 0 saturated heterocycles. The number of benzene rings is 3. The lowest BCUT2D eigenvalue weighted by Crippen LogP contribution is -2.03. The number of carbonyl (C=O) groups is 2. The van der Waals surface area contributed by atoms with Crippen molar-refractivity contribution in [3.05, 3.63) is 93.7 Å². The van der Waals surface area contributed by atoms with E-state index in [9.17, 15) is 9.59 Å². The fourth-order valence-electron chi connectivity index (χ4n) is 5.69. The van der Waals surface area contributed by atoms with Crippen LogP contribution in [-0.4, -0.2) is 25.7 Å². The summed E-state index contributed by atoms with van der Waals surface area (Å²) in [4.78, 5) is 31.6. The summed E-state index contributed by atoms with van der Waals surface area (Å²) in [6.07, 6.45) is 1.74. The van der Waals surface area contributed by atoms with Crippen LogP contribution < -0.4 is 0 Å². The molecule has 6 rings (SSSR count). The van der Waals surface area contributed by atoms with Crippen LogP contribution in [0.2, 0.25) is 0 Å². The fraction of sp³-hybridized carbons (Fsp3) is 0.194. The van der Waals surface area contributed by atoms with Crippen LogP contribution >= 0.6 is 0 Å². The molecule has 0 spiro atoms. The van der Waals surface area contributed by atoms with Gasteiger partial charge < -0.3 is 9.13 Å². The molecule has 3 aromatic carbocycles. The number of allylic oxidation sites excluding steroid dienone is 1. The predicted molar refractivity (Wildman–Crippen MR) is 145 cm³/mol. The zero-order valence-electron chi connectivity index (χ0n) is 21.1. The molecule has 0 unspecified atom stereocenters. The Labute approximate surface area is 209 Å². The lowest BCUT2D eigenvalue weighted by Gasteiger charge is -2.11. The van der Waals surface area contributed by atoms with Crippen LogP contribution in [-0.2, 0) is 13.6 Å². The molecule has 2 aromatic heterocycles. The molecule has 0 saturated carbocycles. The maximum Gasteiger partial charge on any atom is 0.197 e. The number of imidazole rings is 1. The average molecular weight is 474 g/mol. The second-order valence-electron chi connectivity index (χ2n) is 9.75. The van der Waals surface area contributed by atoms with Gasteiger partial charge in [-0.05, 0) is 73.9 Å². The summed E-state index contributed by atoms with van der Waals surface area (Å²) in [5.74, 6) is 0.491. The highest BCUT2D eigenvalue weighted by molar-refractivity contribution is 6.42. The number of nitrogens with zero attached hydrogens (tertiary/aromatic N) is 3. The zero-order valence-corrected chi connectivity index (χ0v) is 21.1.